The van der Waals surface area contributed by atoms with Crippen molar-refractivity contribution >= 4 is 13.9 Å². The van der Waals surface area contributed by atoms with Crippen LogP contribution in [0.3, 0.4) is 0 Å². The van der Waals surface area contributed by atoms with E-state index in [0.29, 0.717) is 0 Å². The zero-order chi connectivity index (χ0) is 7.83. The third kappa shape index (κ3) is 1.90. The third-order valence-electron chi connectivity index (χ3n) is 0.613. The zero-order valence-corrected chi connectivity index (χ0v) is 4.58. The maximum absolute atomic E-state index is 8.32. The molecule has 0 aliphatic carbocycles. The molecule has 1 aliphatic rings. The van der Waals surface area contributed by atoms with Gasteiger partial charge in [0.05, 0.1) is 0 Å². The van der Waals surface area contributed by atoms with Crippen molar-refractivity contribution < 1.29 is 42.2 Å². The Morgan fingerprint density at radius 1 is 0.700 bits per heavy atom. The van der Waals surface area contributed by atoms with Gasteiger partial charge in [-0.25, -0.2) is 0 Å². The van der Waals surface area contributed by atoms with Crippen LogP contribution in [0.5, 0.6) is 0 Å². The average Bonchev–Trinajstić information content (AvgIpc) is 1.79. The Labute approximate surface area is 57.4 Å². The predicted molar refractivity (Wildman–Crippen MR) is 26.9 cm³/mol. The SMILES string of the molecule is O[B-]1(O)OO[B-](O)(O)OO1.[H+].[H+]. The van der Waals surface area contributed by atoms with Crippen LogP contribution in [0.15, 0.2) is 0 Å². The van der Waals surface area contributed by atoms with Crippen LogP contribution in [0.4, 0.5) is 0 Å². The van der Waals surface area contributed by atoms with E-state index in [2.05, 4.69) is 19.2 Å². The molecule has 0 unspecified atom stereocenters. The Hall–Kier alpha value is -0.190. The highest BCUT2D eigenvalue weighted by atomic mass is 17.4. The first-order valence-corrected chi connectivity index (χ1v) is 2.31. The molecule has 60 valence electrons. The summed E-state index contributed by atoms with van der Waals surface area (Å²) in [6.07, 6.45) is 0. The molecule has 0 bridgehead atoms. The molecule has 0 amide bonds. The molecular formula is H6B2O8. The molecule has 1 fully saturated rings. The summed E-state index contributed by atoms with van der Waals surface area (Å²) < 4.78 is 0. The van der Waals surface area contributed by atoms with Gasteiger partial charge in [0.25, 0.3) is 0 Å². The van der Waals surface area contributed by atoms with Crippen LogP contribution >= 0.6 is 0 Å². The van der Waals surface area contributed by atoms with Gasteiger partial charge in [0.2, 0.25) is 0 Å². The number of rotatable bonds is 0. The van der Waals surface area contributed by atoms with Crippen molar-refractivity contribution in [2.24, 2.45) is 0 Å². The Morgan fingerprint density at radius 3 is 1.10 bits per heavy atom. The summed E-state index contributed by atoms with van der Waals surface area (Å²) in [6.45, 7) is -7.41. The van der Waals surface area contributed by atoms with Crippen molar-refractivity contribution in [1.29, 1.82) is 0 Å². The highest BCUT2D eigenvalue weighted by Gasteiger charge is 2.38. The first kappa shape index (κ1) is 7.91. The van der Waals surface area contributed by atoms with Crippen LogP contribution in [0, 0.1) is 0 Å². The van der Waals surface area contributed by atoms with Crippen molar-refractivity contribution in [3.05, 3.63) is 0 Å². The van der Waals surface area contributed by atoms with Gasteiger partial charge in [-0.15, -0.1) is 0 Å². The van der Waals surface area contributed by atoms with Gasteiger partial charge < -0.3 is 39.3 Å². The molecule has 1 rings (SSSR count). The topological polar surface area (TPSA) is 118 Å². The van der Waals surface area contributed by atoms with E-state index in [1.165, 1.54) is 0 Å². The second-order valence-electron chi connectivity index (χ2n) is 1.65. The van der Waals surface area contributed by atoms with Crippen molar-refractivity contribution in [2.45, 2.75) is 0 Å². The summed E-state index contributed by atoms with van der Waals surface area (Å²) in [5, 5.41) is 33.3. The summed E-state index contributed by atoms with van der Waals surface area (Å²) in [5.41, 5.74) is 0. The average molecular weight is 156 g/mol. The van der Waals surface area contributed by atoms with Gasteiger partial charge >= 0.3 is 16.8 Å². The lowest BCUT2D eigenvalue weighted by Gasteiger charge is -2.43. The fourth-order valence-corrected chi connectivity index (χ4v) is 0.322. The second kappa shape index (κ2) is 2.15. The van der Waals surface area contributed by atoms with Gasteiger partial charge in [-0.05, 0) is 0 Å². The van der Waals surface area contributed by atoms with Crippen LogP contribution in [0.2, 0.25) is 0 Å². The molecule has 0 atom stereocenters. The molecule has 0 aromatic heterocycles. The molecule has 1 saturated heterocycles. The summed E-state index contributed by atoms with van der Waals surface area (Å²) in [7, 11) is 0. The Kier molecular flexibility index (Phi) is 1.70. The maximum Gasteiger partial charge on any atom is 1.00 e. The van der Waals surface area contributed by atoms with Gasteiger partial charge in [0.1, 0.15) is 0 Å². The van der Waals surface area contributed by atoms with Crippen molar-refractivity contribution in [3.63, 3.8) is 0 Å². The lowest BCUT2D eigenvalue weighted by atomic mass is 10.1. The summed E-state index contributed by atoms with van der Waals surface area (Å²) in [5.74, 6) is 0. The molecule has 4 N–H and O–H groups in total. The van der Waals surface area contributed by atoms with Gasteiger partial charge in [0.15, 0.2) is 0 Å². The van der Waals surface area contributed by atoms with Crippen molar-refractivity contribution in [3.8, 4) is 0 Å². The fourth-order valence-electron chi connectivity index (χ4n) is 0.322. The zero-order valence-electron chi connectivity index (χ0n) is 6.58. The molecule has 0 aromatic carbocycles. The monoisotopic (exact) mass is 156 g/mol. The molecule has 10 heavy (non-hydrogen) atoms. The summed E-state index contributed by atoms with van der Waals surface area (Å²) >= 11 is 0. The molecule has 1 heterocycles. The largest absolute Gasteiger partial charge is 1.00 e. The van der Waals surface area contributed by atoms with Crippen molar-refractivity contribution in [1.82, 2.24) is 0 Å². The van der Waals surface area contributed by atoms with E-state index in [1.54, 1.807) is 0 Å². The maximum atomic E-state index is 8.32. The quantitative estimate of drug-likeness (QED) is 0.216. The van der Waals surface area contributed by atoms with E-state index in [1.807, 2.05) is 0 Å². The van der Waals surface area contributed by atoms with Gasteiger partial charge in [-0.3, -0.25) is 0 Å². The molecule has 8 nitrogen and oxygen atoms in total. The van der Waals surface area contributed by atoms with Gasteiger partial charge in [-0.1, -0.05) is 0 Å². The molecule has 10 heteroatoms. The van der Waals surface area contributed by atoms with Crippen LogP contribution in [0.25, 0.3) is 0 Å². The summed E-state index contributed by atoms with van der Waals surface area (Å²) in [6, 6.07) is 0. The van der Waals surface area contributed by atoms with E-state index in [0.717, 1.165) is 0 Å². The predicted octanol–water partition coefficient (Wildman–Crippen LogP) is -3.04. The van der Waals surface area contributed by atoms with Crippen LogP contribution < -0.4 is 0 Å². The lowest BCUT2D eigenvalue weighted by molar-refractivity contribution is -0.365. The summed E-state index contributed by atoms with van der Waals surface area (Å²) in [4.78, 5) is 14.1. The molecule has 0 saturated carbocycles. The minimum atomic E-state index is -3.71. The van der Waals surface area contributed by atoms with E-state index >= 15 is 0 Å². The van der Waals surface area contributed by atoms with E-state index in [4.69, 9.17) is 20.1 Å². The second-order valence-corrected chi connectivity index (χ2v) is 1.65. The van der Waals surface area contributed by atoms with Gasteiger partial charge in [-0.2, -0.15) is 0 Å². The van der Waals surface area contributed by atoms with Crippen molar-refractivity contribution in [2.75, 3.05) is 0 Å². The third-order valence-corrected chi connectivity index (χ3v) is 0.613. The standard InChI is InChI=1S/B2H4O8/c3-1(4)7-9-2(5,6)10-8-1/h3-6H/q-2/p+2. The number of hydrogen-bond acceptors (Lipinski definition) is 8. The Morgan fingerprint density at radius 2 is 0.900 bits per heavy atom. The van der Waals surface area contributed by atoms with E-state index in [9.17, 15) is 0 Å². The van der Waals surface area contributed by atoms with Crippen LogP contribution in [-0.4, -0.2) is 34.0 Å². The fraction of sp³-hybridized carbons (Fsp3) is 0. The molecule has 0 aromatic rings. The minimum absolute atomic E-state index is 0. The highest BCUT2D eigenvalue weighted by Crippen LogP contribution is 2.13. The van der Waals surface area contributed by atoms with Crippen LogP contribution in [-0.2, 0) is 19.2 Å². The highest BCUT2D eigenvalue weighted by molar-refractivity contribution is 6.55. The molecule has 0 spiro atoms. The Balaban J connectivity index is 0. The molecular weight excluding hydrogens is 150 g/mol. The smallest absolute Gasteiger partial charge is 0.531 e. The van der Waals surface area contributed by atoms with E-state index in [-0.39, 0.29) is 2.85 Å². The lowest BCUT2D eigenvalue weighted by Crippen LogP contribution is -2.58. The number of hydrogen-bond donors (Lipinski definition) is 4. The van der Waals surface area contributed by atoms with E-state index < -0.39 is 13.9 Å². The van der Waals surface area contributed by atoms with Crippen LogP contribution in [0.1, 0.15) is 2.85 Å². The minimum Gasteiger partial charge on any atom is -0.531 e. The van der Waals surface area contributed by atoms with Gasteiger partial charge in [0, 0.05) is 0 Å². The molecule has 1 aliphatic heterocycles. The first-order valence-electron chi connectivity index (χ1n) is 2.31. The first-order chi connectivity index (χ1) is 4.41. The normalized spacial score (nSPS) is 30.0. The Bertz CT molecular complexity index is 107. The molecule has 0 radical (unpaired) electrons.